The van der Waals surface area contributed by atoms with Gasteiger partial charge in [-0.2, -0.15) is 0 Å². The summed E-state index contributed by atoms with van der Waals surface area (Å²) in [5.74, 6) is 0. The van der Waals surface area contributed by atoms with Gasteiger partial charge in [-0.1, -0.05) is 0 Å². The summed E-state index contributed by atoms with van der Waals surface area (Å²) in [6.45, 7) is 0. The number of thiophene rings is 1. The molecular formula is C12H18BrNOS. The summed E-state index contributed by atoms with van der Waals surface area (Å²) in [6.07, 6.45) is 5.57. The lowest BCUT2D eigenvalue weighted by atomic mass is 9.75. The van der Waals surface area contributed by atoms with Gasteiger partial charge in [-0.3, -0.25) is 0 Å². The highest BCUT2D eigenvalue weighted by atomic mass is 79.9. The van der Waals surface area contributed by atoms with Crippen LogP contribution < -0.4 is 5.73 Å². The fourth-order valence-electron chi connectivity index (χ4n) is 2.33. The molecule has 2 N–H and O–H groups in total. The molecule has 0 spiro atoms. The molecule has 1 unspecified atom stereocenters. The van der Waals surface area contributed by atoms with Gasteiger partial charge in [-0.05, 0) is 54.1 Å². The van der Waals surface area contributed by atoms with Crippen LogP contribution in [0.3, 0.4) is 0 Å². The molecule has 1 aliphatic carbocycles. The number of halogens is 1. The van der Waals surface area contributed by atoms with Gasteiger partial charge in [0, 0.05) is 27.9 Å². The summed E-state index contributed by atoms with van der Waals surface area (Å²) in [4.78, 5) is 1.35. The van der Waals surface area contributed by atoms with Crippen molar-refractivity contribution in [2.24, 2.45) is 5.73 Å². The number of methoxy groups -OCH3 is 1. The van der Waals surface area contributed by atoms with E-state index in [0.717, 1.165) is 17.3 Å². The molecule has 1 heterocycles. The monoisotopic (exact) mass is 303 g/mol. The van der Waals surface area contributed by atoms with Crippen molar-refractivity contribution < 1.29 is 4.74 Å². The summed E-state index contributed by atoms with van der Waals surface area (Å²) in [6, 6.07) is 2.37. The van der Waals surface area contributed by atoms with E-state index in [1.807, 2.05) is 7.11 Å². The standard InChI is InChI=1S/C12H18BrNOS/c1-15-12(3-2-4-12)7-10(14)6-11-5-9(13)8-16-11/h5,8,10H,2-4,6-7,14H2,1H3. The molecule has 1 aromatic heterocycles. The molecule has 4 heteroatoms. The van der Waals surface area contributed by atoms with Crippen LogP contribution >= 0.6 is 27.3 Å². The second-order valence-corrected chi connectivity index (χ2v) is 6.55. The third-order valence-corrected chi connectivity index (χ3v) is 5.14. The number of ether oxygens (including phenoxy) is 1. The maximum absolute atomic E-state index is 6.20. The van der Waals surface area contributed by atoms with E-state index in [1.54, 1.807) is 11.3 Å². The Kier molecular flexibility index (Phi) is 4.06. The van der Waals surface area contributed by atoms with Crippen LogP contribution in [0.4, 0.5) is 0 Å². The van der Waals surface area contributed by atoms with Gasteiger partial charge >= 0.3 is 0 Å². The second-order valence-electron chi connectivity index (χ2n) is 4.64. The maximum atomic E-state index is 6.20. The number of hydrogen-bond donors (Lipinski definition) is 1. The SMILES string of the molecule is COC1(CC(N)Cc2cc(Br)cs2)CCC1. The minimum absolute atomic E-state index is 0.0912. The summed E-state index contributed by atoms with van der Waals surface area (Å²) >= 11 is 5.24. The van der Waals surface area contributed by atoms with Crippen LogP contribution in [-0.2, 0) is 11.2 Å². The first-order valence-electron chi connectivity index (χ1n) is 5.67. The van der Waals surface area contributed by atoms with E-state index in [2.05, 4.69) is 27.4 Å². The molecule has 0 aliphatic heterocycles. The zero-order valence-electron chi connectivity index (χ0n) is 9.54. The van der Waals surface area contributed by atoms with Crippen molar-refractivity contribution in [1.29, 1.82) is 0 Å². The molecule has 1 aliphatic rings. The van der Waals surface area contributed by atoms with Gasteiger partial charge in [0.2, 0.25) is 0 Å². The van der Waals surface area contributed by atoms with Crippen molar-refractivity contribution in [2.45, 2.75) is 43.7 Å². The maximum Gasteiger partial charge on any atom is 0.0693 e. The van der Waals surface area contributed by atoms with Gasteiger partial charge < -0.3 is 10.5 Å². The van der Waals surface area contributed by atoms with Gasteiger partial charge in [-0.25, -0.2) is 0 Å². The van der Waals surface area contributed by atoms with Gasteiger partial charge in [0.05, 0.1) is 5.60 Å². The highest BCUT2D eigenvalue weighted by molar-refractivity contribution is 9.10. The van der Waals surface area contributed by atoms with E-state index < -0.39 is 0 Å². The first-order valence-corrected chi connectivity index (χ1v) is 7.34. The van der Waals surface area contributed by atoms with E-state index in [4.69, 9.17) is 10.5 Å². The summed E-state index contributed by atoms with van der Waals surface area (Å²) in [5, 5.41) is 2.11. The van der Waals surface area contributed by atoms with Crippen LogP contribution in [0.5, 0.6) is 0 Å². The number of hydrogen-bond acceptors (Lipinski definition) is 3. The van der Waals surface area contributed by atoms with Crippen LogP contribution in [0, 0.1) is 0 Å². The zero-order valence-corrected chi connectivity index (χ0v) is 11.9. The fourth-order valence-corrected chi connectivity index (χ4v) is 3.88. The Hall–Kier alpha value is 0.1000. The zero-order chi connectivity index (χ0) is 11.6. The van der Waals surface area contributed by atoms with Crippen LogP contribution in [-0.4, -0.2) is 18.8 Å². The molecular weight excluding hydrogens is 286 g/mol. The Balaban J connectivity index is 1.86. The van der Waals surface area contributed by atoms with Crippen LogP contribution in [0.15, 0.2) is 15.9 Å². The van der Waals surface area contributed by atoms with Crippen molar-refractivity contribution in [3.8, 4) is 0 Å². The highest BCUT2D eigenvalue weighted by Crippen LogP contribution is 2.39. The van der Waals surface area contributed by atoms with Gasteiger partial charge in [0.1, 0.15) is 0 Å². The van der Waals surface area contributed by atoms with Crippen molar-refractivity contribution in [3.63, 3.8) is 0 Å². The molecule has 0 aromatic carbocycles. The average molecular weight is 304 g/mol. The Morgan fingerprint density at radius 1 is 1.62 bits per heavy atom. The van der Waals surface area contributed by atoms with E-state index in [-0.39, 0.29) is 11.6 Å². The normalized spacial score (nSPS) is 20.4. The minimum Gasteiger partial charge on any atom is -0.378 e. The first kappa shape index (κ1) is 12.6. The topological polar surface area (TPSA) is 35.2 Å². The predicted octanol–water partition coefficient (Wildman–Crippen LogP) is 3.34. The number of nitrogens with two attached hydrogens (primary N) is 1. The molecule has 1 atom stereocenters. The average Bonchev–Trinajstić information content (AvgIpc) is 2.57. The van der Waals surface area contributed by atoms with Gasteiger partial charge in [0.25, 0.3) is 0 Å². The molecule has 1 fully saturated rings. The van der Waals surface area contributed by atoms with Crippen LogP contribution in [0.2, 0.25) is 0 Å². The summed E-state index contributed by atoms with van der Waals surface area (Å²) in [7, 11) is 1.81. The second kappa shape index (κ2) is 5.17. The van der Waals surface area contributed by atoms with E-state index in [0.29, 0.717) is 0 Å². The lowest BCUT2D eigenvalue weighted by Gasteiger charge is -2.42. The molecule has 0 radical (unpaired) electrons. The summed E-state index contributed by atoms with van der Waals surface area (Å²) < 4.78 is 6.76. The molecule has 90 valence electrons. The fraction of sp³-hybridized carbons (Fsp3) is 0.667. The third-order valence-electron chi connectivity index (χ3n) is 3.42. The molecule has 0 saturated heterocycles. The van der Waals surface area contributed by atoms with Crippen molar-refractivity contribution in [1.82, 2.24) is 0 Å². The summed E-state index contributed by atoms with van der Waals surface area (Å²) in [5.41, 5.74) is 6.29. The third kappa shape index (κ3) is 2.86. The van der Waals surface area contributed by atoms with E-state index in [9.17, 15) is 0 Å². The quantitative estimate of drug-likeness (QED) is 0.905. The van der Waals surface area contributed by atoms with Crippen LogP contribution in [0.1, 0.15) is 30.6 Å². The van der Waals surface area contributed by atoms with E-state index >= 15 is 0 Å². The Labute approximate surface area is 109 Å². The van der Waals surface area contributed by atoms with Gasteiger partial charge in [-0.15, -0.1) is 11.3 Å². The number of rotatable bonds is 5. The van der Waals surface area contributed by atoms with Gasteiger partial charge in [0.15, 0.2) is 0 Å². The molecule has 2 nitrogen and oxygen atoms in total. The molecule has 0 amide bonds. The lowest BCUT2D eigenvalue weighted by molar-refractivity contribution is -0.0813. The Morgan fingerprint density at radius 2 is 2.38 bits per heavy atom. The minimum atomic E-state index is 0.0912. The highest BCUT2D eigenvalue weighted by Gasteiger charge is 2.38. The van der Waals surface area contributed by atoms with Crippen molar-refractivity contribution >= 4 is 27.3 Å². The van der Waals surface area contributed by atoms with Crippen LogP contribution in [0.25, 0.3) is 0 Å². The van der Waals surface area contributed by atoms with Crippen molar-refractivity contribution in [2.75, 3.05) is 7.11 Å². The molecule has 2 rings (SSSR count). The Bertz CT molecular complexity index is 343. The lowest BCUT2D eigenvalue weighted by Crippen LogP contribution is -2.44. The Morgan fingerprint density at radius 3 is 2.81 bits per heavy atom. The van der Waals surface area contributed by atoms with Crippen molar-refractivity contribution in [3.05, 3.63) is 20.8 Å². The van der Waals surface area contributed by atoms with E-state index in [1.165, 1.54) is 24.1 Å². The largest absolute Gasteiger partial charge is 0.378 e. The molecule has 1 aromatic rings. The molecule has 0 bridgehead atoms. The first-order chi connectivity index (χ1) is 7.63. The smallest absolute Gasteiger partial charge is 0.0693 e. The molecule has 1 saturated carbocycles. The predicted molar refractivity (Wildman–Crippen MR) is 71.9 cm³/mol. The molecule has 16 heavy (non-hydrogen) atoms.